The van der Waals surface area contributed by atoms with Crippen molar-refractivity contribution in [1.29, 1.82) is 0 Å². The fourth-order valence-electron chi connectivity index (χ4n) is 4.90. The molecule has 0 saturated carbocycles. The van der Waals surface area contributed by atoms with E-state index in [2.05, 4.69) is 16.0 Å². The topological polar surface area (TPSA) is 141 Å². The van der Waals surface area contributed by atoms with Crippen molar-refractivity contribution in [2.75, 3.05) is 37.0 Å². The second kappa shape index (κ2) is 20.7. The second-order valence-electron chi connectivity index (χ2n) is 12.1. The van der Waals surface area contributed by atoms with Crippen molar-refractivity contribution in [3.63, 3.8) is 0 Å². The predicted octanol–water partition coefficient (Wildman–Crippen LogP) is 7.47. The van der Waals surface area contributed by atoms with Gasteiger partial charge in [0.05, 0.1) is 25.9 Å². The Kier molecular flexibility index (Phi) is 15.5. The van der Waals surface area contributed by atoms with Crippen LogP contribution in [0.1, 0.15) is 73.6 Å². The summed E-state index contributed by atoms with van der Waals surface area (Å²) < 4.78 is 22.8. The molecule has 0 aliphatic rings. The molecule has 274 valence electrons. The molecule has 0 heterocycles. The minimum Gasteiger partial charge on any atom is -0.494 e. The van der Waals surface area contributed by atoms with E-state index < -0.39 is 0 Å². The summed E-state index contributed by atoms with van der Waals surface area (Å²) in [6.45, 7) is 7.11. The zero-order valence-corrected chi connectivity index (χ0v) is 29.9. The van der Waals surface area contributed by atoms with Crippen LogP contribution >= 0.6 is 0 Å². The number of ketones is 1. The zero-order chi connectivity index (χ0) is 37.1. The quantitative estimate of drug-likeness (QED) is 0.0598. The van der Waals surface area contributed by atoms with Gasteiger partial charge < -0.3 is 34.9 Å². The Bertz CT molecular complexity index is 1720. The van der Waals surface area contributed by atoms with E-state index in [-0.39, 0.29) is 36.2 Å². The lowest BCUT2D eigenvalue weighted by molar-refractivity contribution is -0.117. The summed E-state index contributed by atoms with van der Waals surface area (Å²) in [5.74, 6) is 2.34. The van der Waals surface area contributed by atoms with Crippen LogP contribution in [0.5, 0.6) is 23.0 Å². The van der Waals surface area contributed by atoms with Gasteiger partial charge in [-0.25, -0.2) is 0 Å². The first-order chi connectivity index (χ1) is 25.2. The minimum atomic E-state index is -0.249. The first-order valence-corrected chi connectivity index (χ1v) is 17.5. The van der Waals surface area contributed by atoms with Crippen molar-refractivity contribution in [1.82, 2.24) is 5.32 Å². The van der Waals surface area contributed by atoms with Crippen molar-refractivity contribution >= 4 is 34.9 Å². The van der Waals surface area contributed by atoms with Gasteiger partial charge in [0.2, 0.25) is 11.8 Å². The summed E-state index contributed by atoms with van der Waals surface area (Å²) in [5.41, 5.74) is 2.35. The number of rotatable bonds is 21. The molecule has 11 heteroatoms. The number of carbonyl (C=O) groups excluding carboxylic acids is 4. The Balaban J connectivity index is 1.04. The average molecular weight is 710 g/mol. The Labute approximate surface area is 305 Å². The maximum Gasteiger partial charge on any atom is 0.251 e. The molecule has 0 bridgehead atoms. The lowest BCUT2D eigenvalue weighted by atomic mass is 10.1. The fraction of sp³-hybridized carbons (Fsp3) is 0.317. The van der Waals surface area contributed by atoms with E-state index in [0.717, 1.165) is 11.5 Å². The summed E-state index contributed by atoms with van der Waals surface area (Å²) in [5, 5.41) is 8.50. The van der Waals surface area contributed by atoms with Crippen LogP contribution in [0.25, 0.3) is 0 Å². The molecule has 52 heavy (non-hydrogen) atoms. The van der Waals surface area contributed by atoms with E-state index in [1.807, 2.05) is 45.0 Å². The number of hydrogen-bond donors (Lipinski definition) is 3. The van der Waals surface area contributed by atoms with Crippen LogP contribution in [0.3, 0.4) is 0 Å². The van der Waals surface area contributed by atoms with E-state index in [1.165, 1.54) is 0 Å². The van der Waals surface area contributed by atoms with Crippen LogP contribution in [-0.4, -0.2) is 56.0 Å². The number of Topliss-reactive ketones (excluding diaryl/α,β-unsaturated/α-hetero) is 1. The van der Waals surface area contributed by atoms with Gasteiger partial charge in [0, 0.05) is 41.8 Å². The van der Waals surface area contributed by atoms with Crippen LogP contribution in [0.4, 0.5) is 11.4 Å². The molecule has 0 saturated heterocycles. The summed E-state index contributed by atoms with van der Waals surface area (Å²) >= 11 is 0. The molecule has 3 amide bonds. The molecular formula is C41H47N3O8. The van der Waals surface area contributed by atoms with E-state index in [4.69, 9.17) is 18.9 Å². The van der Waals surface area contributed by atoms with Crippen LogP contribution in [0.2, 0.25) is 0 Å². The fourth-order valence-corrected chi connectivity index (χ4v) is 4.90. The van der Waals surface area contributed by atoms with Gasteiger partial charge in [0.15, 0.2) is 5.78 Å². The van der Waals surface area contributed by atoms with Crippen molar-refractivity contribution < 1.29 is 38.1 Å². The molecule has 0 spiro atoms. The zero-order valence-electron chi connectivity index (χ0n) is 29.9. The first-order valence-electron chi connectivity index (χ1n) is 17.5. The molecule has 4 aromatic carbocycles. The molecule has 0 radical (unpaired) electrons. The molecule has 0 fully saturated rings. The number of ether oxygens (including phenoxy) is 4. The van der Waals surface area contributed by atoms with Crippen LogP contribution in [-0.2, 0) is 9.59 Å². The van der Waals surface area contributed by atoms with Crippen LogP contribution in [0.15, 0.2) is 97.1 Å². The number of benzene rings is 4. The van der Waals surface area contributed by atoms with E-state index in [9.17, 15) is 19.2 Å². The first kappa shape index (κ1) is 39.0. The Hall–Kier alpha value is -5.84. The number of amides is 3. The van der Waals surface area contributed by atoms with E-state index >= 15 is 0 Å². The molecule has 0 atom stereocenters. The second-order valence-corrected chi connectivity index (χ2v) is 12.1. The van der Waals surface area contributed by atoms with Crippen molar-refractivity contribution in [3.05, 3.63) is 108 Å². The SMILES string of the molecule is CCC(=O)c1ccc(NC(=O)CCCOc2ccc(OCCNC(=O)c3ccc(NC(=O)CCCOc4ccc(OC(C)C)cc4)cc3)cc2)cc1. The number of hydrogen-bond acceptors (Lipinski definition) is 8. The van der Waals surface area contributed by atoms with Gasteiger partial charge in [0.1, 0.15) is 29.6 Å². The molecule has 0 aliphatic heterocycles. The highest BCUT2D eigenvalue weighted by Gasteiger charge is 2.09. The minimum absolute atomic E-state index is 0.0634. The summed E-state index contributed by atoms with van der Waals surface area (Å²) in [4.78, 5) is 48.9. The highest BCUT2D eigenvalue weighted by Crippen LogP contribution is 2.20. The Morgan fingerprint density at radius 1 is 0.558 bits per heavy atom. The van der Waals surface area contributed by atoms with Crippen molar-refractivity contribution in [3.8, 4) is 23.0 Å². The predicted molar refractivity (Wildman–Crippen MR) is 201 cm³/mol. The van der Waals surface area contributed by atoms with Crippen molar-refractivity contribution in [2.45, 2.75) is 59.0 Å². The largest absolute Gasteiger partial charge is 0.494 e. The molecule has 0 aliphatic carbocycles. The third-order valence-electron chi connectivity index (χ3n) is 7.55. The van der Waals surface area contributed by atoms with Gasteiger partial charge in [-0.05, 0) is 124 Å². The van der Waals surface area contributed by atoms with E-state index in [1.54, 1.807) is 72.8 Å². The van der Waals surface area contributed by atoms with Gasteiger partial charge >= 0.3 is 0 Å². The molecule has 3 N–H and O–H groups in total. The number of nitrogens with one attached hydrogen (secondary N) is 3. The monoisotopic (exact) mass is 709 g/mol. The third-order valence-corrected chi connectivity index (χ3v) is 7.55. The van der Waals surface area contributed by atoms with Gasteiger partial charge in [-0.3, -0.25) is 19.2 Å². The molecule has 11 nitrogen and oxygen atoms in total. The Morgan fingerprint density at radius 2 is 0.981 bits per heavy atom. The molecule has 0 unspecified atom stereocenters. The Morgan fingerprint density at radius 3 is 1.42 bits per heavy atom. The lowest BCUT2D eigenvalue weighted by Gasteiger charge is -2.11. The van der Waals surface area contributed by atoms with Gasteiger partial charge in [0.25, 0.3) is 5.91 Å². The summed E-state index contributed by atoms with van der Waals surface area (Å²) in [7, 11) is 0. The number of carbonyl (C=O) groups is 4. The molecule has 4 aromatic rings. The van der Waals surface area contributed by atoms with Crippen molar-refractivity contribution in [2.24, 2.45) is 0 Å². The van der Waals surface area contributed by atoms with Gasteiger partial charge in [-0.1, -0.05) is 6.92 Å². The maximum absolute atomic E-state index is 12.6. The highest BCUT2D eigenvalue weighted by atomic mass is 16.5. The van der Waals surface area contributed by atoms with E-state index in [0.29, 0.717) is 85.9 Å². The smallest absolute Gasteiger partial charge is 0.251 e. The molecule has 0 aromatic heterocycles. The molecular weight excluding hydrogens is 662 g/mol. The van der Waals surface area contributed by atoms with Crippen LogP contribution in [0, 0.1) is 0 Å². The van der Waals surface area contributed by atoms with Gasteiger partial charge in [-0.2, -0.15) is 0 Å². The lowest BCUT2D eigenvalue weighted by Crippen LogP contribution is -2.28. The maximum atomic E-state index is 12.6. The van der Waals surface area contributed by atoms with Gasteiger partial charge in [-0.15, -0.1) is 0 Å². The normalized spacial score (nSPS) is 10.6. The number of anilines is 2. The molecule has 4 rings (SSSR count). The summed E-state index contributed by atoms with van der Waals surface area (Å²) in [6.07, 6.45) is 2.24. The average Bonchev–Trinajstić information content (AvgIpc) is 3.15. The summed E-state index contributed by atoms with van der Waals surface area (Å²) in [6, 6.07) is 28.1. The highest BCUT2D eigenvalue weighted by molar-refractivity contribution is 5.97. The standard InChI is InChI=1S/C41H47N3O8/c1-4-38(45)30-9-13-32(14-10-30)43-39(46)7-5-26-49-34-17-19-36(20-18-34)51-28-25-42-41(48)31-11-15-33(16-12-31)44-40(47)8-6-27-50-35-21-23-37(24-22-35)52-29(2)3/h9-24,29H,4-8,25-28H2,1-3H3,(H,42,48)(H,43,46)(H,44,47). The third kappa shape index (κ3) is 13.8. The van der Waals surface area contributed by atoms with Crippen LogP contribution < -0.4 is 34.9 Å².